The summed E-state index contributed by atoms with van der Waals surface area (Å²) in [5, 5.41) is 2.33. The molecule has 0 aromatic heterocycles. The molecular weight excluding hydrogens is 196 g/mol. The third-order valence-electron chi connectivity index (χ3n) is 1.66. The fourth-order valence-electron chi connectivity index (χ4n) is 1.08. The highest BCUT2D eigenvalue weighted by Gasteiger charge is 2.07. The molecule has 1 aromatic rings. The van der Waals surface area contributed by atoms with Gasteiger partial charge in [0.2, 0.25) is 5.91 Å². The van der Waals surface area contributed by atoms with Crippen molar-refractivity contribution in [1.29, 1.82) is 0 Å². The second-order valence-corrected chi connectivity index (χ2v) is 3.04. The standard InChI is InChI=1S/C9H12N4O2/c10-6-1-5(2-7(11)3-6)9(15)13-4-8(12)14/h1-3H,4,10-11H2,(H2,12,14)(H,13,15). The summed E-state index contributed by atoms with van der Waals surface area (Å²) in [6.07, 6.45) is 0. The molecule has 0 radical (unpaired) electrons. The Morgan fingerprint density at radius 1 is 1.13 bits per heavy atom. The van der Waals surface area contributed by atoms with Crippen LogP contribution in [-0.2, 0) is 4.79 Å². The van der Waals surface area contributed by atoms with Gasteiger partial charge in [0.15, 0.2) is 0 Å². The number of benzene rings is 1. The lowest BCUT2D eigenvalue weighted by atomic mass is 10.1. The zero-order chi connectivity index (χ0) is 11.4. The van der Waals surface area contributed by atoms with Crippen LogP contribution in [0, 0.1) is 0 Å². The first kappa shape index (κ1) is 10.8. The number of amides is 2. The number of nitrogens with two attached hydrogens (primary N) is 3. The van der Waals surface area contributed by atoms with Crippen molar-refractivity contribution < 1.29 is 9.59 Å². The van der Waals surface area contributed by atoms with Crippen LogP contribution < -0.4 is 22.5 Å². The fourth-order valence-corrected chi connectivity index (χ4v) is 1.08. The summed E-state index contributed by atoms with van der Waals surface area (Å²) in [4.78, 5) is 21.9. The summed E-state index contributed by atoms with van der Waals surface area (Å²) in [6, 6.07) is 4.46. The van der Waals surface area contributed by atoms with E-state index in [0.717, 1.165) is 0 Å². The van der Waals surface area contributed by atoms with E-state index in [1.165, 1.54) is 18.2 Å². The van der Waals surface area contributed by atoms with Gasteiger partial charge in [-0.2, -0.15) is 0 Å². The van der Waals surface area contributed by atoms with Crippen molar-refractivity contribution in [2.45, 2.75) is 0 Å². The van der Waals surface area contributed by atoms with Crippen molar-refractivity contribution in [2.75, 3.05) is 18.0 Å². The van der Waals surface area contributed by atoms with Gasteiger partial charge in [0.25, 0.3) is 5.91 Å². The average Bonchev–Trinajstić information content (AvgIpc) is 2.12. The first-order valence-electron chi connectivity index (χ1n) is 4.21. The second-order valence-electron chi connectivity index (χ2n) is 3.04. The third-order valence-corrected chi connectivity index (χ3v) is 1.66. The van der Waals surface area contributed by atoms with E-state index in [-0.39, 0.29) is 6.54 Å². The van der Waals surface area contributed by atoms with Crippen molar-refractivity contribution in [3.8, 4) is 0 Å². The minimum absolute atomic E-state index is 0.215. The number of nitrogen functional groups attached to an aromatic ring is 2. The first-order valence-corrected chi connectivity index (χ1v) is 4.21. The van der Waals surface area contributed by atoms with Crippen LogP contribution in [0.15, 0.2) is 18.2 Å². The second kappa shape index (κ2) is 4.32. The van der Waals surface area contributed by atoms with Gasteiger partial charge in [-0.25, -0.2) is 0 Å². The van der Waals surface area contributed by atoms with Gasteiger partial charge in [0, 0.05) is 16.9 Å². The van der Waals surface area contributed by atoms with Crippen molar-refractivity contribution in [3.63, 3.8) is 0 Å². The molecule has 6 heteroatoms. The van der Waals surface area contributed by atoms with Crippen molar-refractivity contribution in [2.24, 2.45) is 5.73 Å². The fraction of sp³-hybridized carbons (Fsp3) is 0.111. The Labute approximate surface area is 86.4 Å². The molecule has 15 heavy (non-hydrogen) atoms. The molecule has 0 fully saturated rings. The van der Waals surface area contributed by atoms with Gasteiger partial charge in [-0.05, 0) is 18.2 Å². The quantitative estimate of drug-likeness (QED) is 0.479. The Hall–Kier alpha value is -2.24. The monoisotopic (exact) mass is 208 g/mol. The van der Waals surface area contributed by atoms with E-state index in [9.17, 15) is 9.59 Å². The molecule has 1 rings (SSSR count). The van der Waals surface area contributed by atoms with Gasteiger partial charge >= 0.3 is 0 Å². The van der Waals surface area contributed by atoms with E-state index in [0.29, 0.717) is 16.9 Å². The largest absolute Gasteiger partial charge is 0.399 e. The van der Waals surface area contributed by atoms with Gasteiger partial charge in [0.1, 0.15) is 0 Å². The molecule has 7 N–H and O–H groups in total. The normalized spacial score (nSPS) is 9.60. The SMILES string of the molecule is NC(=O)CNC(=O)c1cc(N)cc(N)c1. The first-order chi connectivity index (χ1) is 6.99. The predicted octanol–water partition coefficient (Wildman–Crippen LogP) is -0.934. The number of carbonyl (C=O) groups is 2. The van der Waals surface area contributed by atoms with Crippen LogP contribution in [0.5, 0.6) is 0 Å². The Balaban J connectivity index is 2.77. The summed E-state index contributed by atoms with van der Waals surface area (Å²) < 4.78 is 0. The zero-order valence-corrected chi connectivity index (χ0v) is 7.99. The predicted molar refractivity (Wildman–Crippen MR) is 56.8 cm³/mol. The minimum atomic E-state index is -0.611. The van der Waals surface area contributed by atoms with E-state index in [1.54, 1.807) is 0 Å². The molecular formula is C9H12N4O2. The average molecular weight is 208 g/mol. The van der Waals surface area contributed by atoms with E-state index < -0.39 is 11.8 Å². The molecule has 1 aromatic carbocycles. The summed E-state index contributed by atoms with van der Waals surface area (Å²) in [5.41, 5.74) is 17.0. The van der Waals surface area contributed by atoms with Crippen LogP contribution in [0.1, 0.15) is 10.4 Å². The molecule has 0 spiro atoms. The van der Waals surface area contributed by atoms with E-state index >= 15 is 0 Å². The molecule has 0 heterocycles. The lowest BCUT2D eigenvalue weighted by molar-refractivity contribution is -0.117. The van der Waals surface area contributed by atoms with Gasteiger partial charge in [-0.3, -0.25) is 9.59 Å². The number of carbonyl (C=O) groups excluding carboxylic acids is 2. The smallest absolute Gasteiger partial charge is 0.251 e. The molecule has 0 saturated carbocycles. The number of hydrogen-bond donors (Lipinski definition) is 4. The van der Waals surface area contributed by atoms with Crippen LogP contribution >= 0.6 is 0 Å². The van der Waals surface area contributed by atoms with Crippen LogP contribution in [0.25, 0.3) is 0 Å². The highest BCUT2D eigenvalue weighted by atomic mass is 16.2. The summed E-state index contributed by atoms with van der Waals surface area (Å²) in [7, 11) is 0. The Bertz CT molecular complexity index is 383. The Kier molecular flexibility index (Phi) is 3.12. The Morgan fingerprint density at radius 3 is 2.13 bits per heavy atom. The third kappa shape index (κ3) is 3.18. The summed E-state index contributed by atoms with van der Waals surface area (Å²) in [5.74, 6) is -1.05. The molecule has 0 aliphatic heterocycles. The molecule has 0 bridgehead atoms. The number of anilines is 2. The maximum Gasteiger partial charge on any atom is 0.251 e. The molecule has 0 unspecified atom stereocenters. The molecule has 0 saturated heterocycles. The zero-order valence-electron chi connectivity index (χ0n) is 7.99. The molecule has 2 amide bonds. The molecule has 80 valence electrons. The van der Waals surface area contributed by atoms with Crippen LogP contribution in [-0.4, -0.2) is 18.4 Å². The molecule has 0 aliphatic carbocycles. The summed E-state index contributed by atoms with van der Waals surface area (Å²) in [6.45, 7) is -0.215. The highest BCUT2D eigenvalue weighted by molar-refractivity contribution is 5.97. The van der Waals surface area contributed by atoms with Crippen LogP contribution in [0.3, 0.4) is 0 Å². The number of hydrogen-bond acceptors (Lipinski definition) is 4. The van der Waals surface area contributed by atoms with Gasteiger partial charge in [-0.15, -0.1) is 0 Å². The van der Waals surface area contributed by atoms with Crippen molar-refractivity contribution in [3.05, 3.63) is 23.8 Å². The maximum absolute atomic E-state index is 11.4. The minimum Gasteiger partial charge on any atom is -0.399 e. The molecule has 6 nitrogen and oxygen atoms in total. The Morgan fingerprint density at radius 2 is 1.67 bits per heavy atom. The van der Waals surface area contributed by atoms with Crippen molar-refractivity contribution >= 4 is 23.2 Å². The maximum atomic E-state index is 11.4. The number of rotatable bonds is 3. The van der Waals surface area contributed by atoms with Crippen LogP contribution in [0.2, 0.25) is 0 Å². The highest BCUT2D eigenvalue weighted by Crippen LogP contribution is 2.13. The molecule has 0 aliphatic rings. The molecule has 0 atom stereocenters. The summed E-state index contributed by atoms with van der Waals surface area (Å²) >= 11 is 0. The van der Waals surface area contributed by atoms with E-state index in [1.807, 2.05) is 0 Å². The number of primary amides is 1. The van der Waals surface area contributed by atoms with Crippen LogP contribution in [0.4, 0.5) is 11.4 Å². The topological polar surface area (TPSA) is 124 Å². The lowest BCUT2D eigenvalue weighted by Gasteiger charge is -2.04. The lowest BCUT2D eigenvalue weighted by Crippen LogP contribution is -2.33. The van der Waals surface area contributed by atoms with Crippen molar-refractivity contribution in [1.82, 2.24) is 5.32 Å². The van der Waals surface area contributed by atoms with E-state index in [2.05, 4.69) is 5.32 Å². The van der Waals surface area contributed by atoms with Gasteiger partial charge < -0.3 is 22.5 Å². The number of nitrogens with one attached hydrogen (secondary N) is 1. The van der Waals surface area contributed by atoms with E-state index in [4.69, 9.17) is 17.2 Å². The van der Waals surface area contributed by atoms with Gasteiger partial charge in [0.05, 0.1) is 6.54 Å². The van der Waals surface area contributed by atoms with Gasteiger partial charge in [-0.1, -0.05) is 0 Å².